The Labute approximate surface area is 101 Å². The monoisotopic (exact) mass is 222 g/mol. The minimum atomic E-state index is 0.273. The lowest BCUT2D eigenvalue weighted by molar-refractivity contribution is 0.474. The highest BCUT2D eigenvalue weighted by Crippen LogP contribution is 2.24. The molecule has 2 aromatic carbocycles. The van der Waals surface area contributed by atoms with Gasteiger partial charge in [0, 0.05) is 5.56 Å². The lowest BCUT2D eigenvalue weighted by Gasteiger charge is -2.03. The molecule has 0 radical (unpaired) electrons. The molecule has 17 heavy (non-hydrogen) atoms. The first-order valence-corrected chi connectivity index (χ1v) is 5.49. The third kappa shape index (κ3) is 2.64. The fraction of sp³-hybridized carbons (Fsp3) is 0. The largest absolute Gasteiger partial charge is 0.507 e. The Balaban J connectivity index is 2.36. The summed E-state index contributed by atoms with van der Waals surface area (Å²) < 4.78 is 0. The van der Waals surface area contributed by atoms with Gasteiger partial charge in [-0.25, -0.2) is 0 Å². The van der Waals surface area contributed by atoms with E-state index < -0.39 is 0 Å². The molecule has 0 aliphatic heterocycles. The van der Waals surface area contributed by atoms with Gasteiger partial charge in [-0.15, -0.1) is 0 Å². The van der Waals surface area contributed by atoms with Gasteiger partial charge in [-0.2, -0.15) is 0 Å². The summed E-state index contributed by atoms with van der Waals surface area (Å²) in [4.78, 5) is 0. The van der Waals surface area contributed by atoms with Gasteiger partial charge in [0.25, 0.3) is 0 Å². The van der Waals surface area contributed by atoms with Gasteiger partial charge in [0.05, 0.1) is 0 Å². The van der Waals surface area contributed by atoms with Gasteiger partial charge >= 0.3 is 0 Å². The van der Waals surface area contributed by atoms with Crippen molar-refractivity contribution in [2.45, 2.75) is 0 Å². The van der Waals surface area contributed by atoms with E-state index >= 15 is 0 Å². The summed E-state index contributed by atoms with van der Waals surface area (Å²) in [6.07, 6.45) is 5.62. The number of aromatic hydroxyl groups is 1. The Kier molecular flexibility index (Phi) is 3.41. The number of hydrogen-bond acceptors (Lipinski definition) is 1. The third-order valence-electron chi connectivity index (χ3n) is 2.58. The summed E-state index contributed by atoms with van der Waals surface area (Å²) in [5, 5.41) is 9.80. The van der Waals surface area contributed by atoms with Gasteiger partial charge < -0.3 is 5.11 Å². The maximum absolute atomic E-state index is 9.80. The second kappa shape index (κ2) is 5.17. The first-order chi connectivity index (χ1) is 8.31. The third-order valence-corrected chi connectivity index (χ3v) is 2.58. The van der Waals surface area contributed by atoms with E-state index in [1.807, 2.05) is 54.6 Å². The molecule has 0 atom stereocenters. The molecule has 84 valence electrons. The Morgan fingerprint density at radius 2 is 1.65 bits per heavy atom. The zero-order valence-electron chi connectivity index (χ0n) is 9.51. The van der Waals surface area contributed by atoms with Crippen LogP contribution in [0.2, 0.25) is 0 Å². The van der Waals surface area contributed by atoms with Crippen LogP contribution < -0.4 is 0 Å². The molecule has 0 saturated heterocycles. The number of phenolic OH excluding ortho intramolecular Hbond substituents is 1. The van der Waals surface area contributed by atoms with E-state index in [4.69, 9.17) is 0 Å². The second-order valence-electron chi connectivity index (χ2n) is 3.73. The van der Waals surface area contributed by atoms with Crippen LogP contribution in [0.5, 0.6) is 5.75 Å². The molecule has 1 N–H and O–H groups in total. The van der Waals surface area contributed by atoms with Crippen molar-refractivity contribution < 1.29 is 5.11 Å². The molecule has 2 aromatic rings. The summed E-state index contributed by atoms with van der Waals surface area (Å²) in [6, 6.07) is 15.4. The van der Waals surface area contributed by atoms with E-state index in [-0.39, 0.29) is 5.75 Å². The molecular formula is C16H14O. The summed E-state index contributed by atoms with van der Waals surface area (Å²) in [7, 11) is 0. The minimum Gasteiger partial charge on any atom is -0.507 e. The van der Waals surface area contributed by atoms with Crippen LogP contribution in [0.4, 0.5) is 0 Å². The SMILES string of the molecule is C=Cc1cccc(O)c1C=Cc1ccccc1. The van der Waals surface area contributed by atoms with Crippen LogP contribution >= 0.6 is 0 Å². The molecule has 0 fully saturated rings. The second-order valence-corrected chi connectivity index (χ2v) is 3.73. The number of phenols is 1. The van der Waals surface area contributed by atoms with Crippen molar-refractivity contribution in [3.05, 3.63) is 71.8 Å². The minimum absolute atomic E-state index is 0.273. The lowest BCUT2D eigenvalue weighted by Crippen LogP contribution is -1.81. The summed E-state index contributed by atoms with van der Waals surface area (Å²) in [6.45, 7) is 3.74. The first kappa shape index (κ1) is 11.2. The smallest absolute Gasteiger partial charge is 0.123 e. The molecule has 0 amide bonds. The van der Waals surface area contributed by atoms with Crippen molar-refractivity contribution in [1.29, 1.82) is 0 Å². The highest BCUT2D eigenvalue weighted by atomic mass is 16.3. The van der Waals surface area contributed by atoms with Gasteiger partial charge in [0.1, 0.15) is 5.75 Å². The van der Waals surface area contributed by atoms with E-state index in [9.17, 15) is 5.11 Å². The van der Waals surface area contributed by atoms with E-state index in [2.05, 4.69) is 6.58 Å². The highest BCUT2D eigenvalue weighted by molar-refractivity contribution is 5.77. The fourth-order valence-corrected chi connectivity index (χ4v) is 1.67. The molecule has 0 saturated carbocycles. The lowest BCUT2D eigenvalue weighted by atomic mass is 10.0. The summed E-state index contributed by atoms with van der Waals surface area (Å²) in [5.41, 5.74) is 2.83. The van der Waals surface area contributed by atoms with Crippen LogP contribution in [-0.2, 0) is 0 Å². The Morgan fingerprint density at radius 1 is 0.882 bits per heavy atom. The van der Waals surface area contributed by atoms with Gasteiger partial charge in [0.15, 0.2) is 0 Å². The Hall–Kier alpha value is -2.28. The highest BCUT2D eigenvalue weighted by Gasteiger charge is 2.00. The van der Waals surface area contributed by atoms with E-state index in [1.165, 1.54) is 0 Å². The fourth-order valence-electron chi connectivity index (χ4n) is 1.67. The van der Waals surface area contributed by atoms with E-state index in [0.29, 0.717) is 0 Å². The molecule has 0 aliphatic carbocycles. The molecule has 1 nitrogen and oxygen atoms in total. The maximum Gasteiger partial charge on any atom is 0.123 e. The Morgan fingerprint density at radius 3 is 2.35 bits per heavy atom. The van der Waals surface area contributed by atoms with Crippen LogP contribution in [-0.4, -0.2) is 5.11 Å². The zero-order chi connectivity index (χ0) is 12.1. The van der Waals surface area contributed by atoms with Crippen LogP contribution in [0.15, 0.2) is 55.1 Å². The standard InChI is InChI=1S/C16H14O/c1-2-14-9-6-10-16(17)15(14)12-11-13-7-4-3-5-8-13/h2-12,17H,1H2. The molecule has 0 spiro atoms. The predicted octanol–water partition coefficient (Wildman–Crippen LogP) is 4.21. The van der Waals surface area contributed by atoms with Gasteiger partial charge in [0.2, 0.25) is 0 Å². The average molecular weight is 222 g/mol. The van der Waals surface area contributed by atoms with Gasteiger partial charge in [-0.05, 0) is 17.2 Å². The first-order valence-electron chi connectivity index (χ1n) is 5.49. The quantitative estimate of drug-likeness (QED) is 0.771. The van der Waals surface area contributed by atoms with E-state index in [1.54, 1.807) is 12.1 Å². The van der Waals surface area contributed by atoms with Crippen LogP contribution in [0.3, 0.4) is 0 Å². The van der Waals surface area contributed by atoms with Crippen LogP contribution in [0.25, 0.3) is 18.2 Å². The summed E-state index contributed by atoms with van der Waals surface area (Å²) in [5.74, 6) is 0.273. The van der Waals surface area contributed by atoms with Crippen molar-refractivity contribution in [1.82, 2.24) is 0 Å². The van der Waals surface area contributed by atoms with Crippen LogP contribution in [0.1, 0.15) is 16.7 Å². The van der Waals surface area contributed by atoms with Crippen molar-refractivity contribution >= 4 is 18.2 Å². The Bertz CT molecular complexity index is 539. The van der Waals surface area contributed by atoms with Crippen molar-refractivity contribution in [2.75, 3.05) is 0 Å². The normalized spacial score (nSPS) is 10.6. The van der Waals surface area contributed by atoms with E-state index in [0.717, 1.165) is 16.7 Å². The van der Waals surface area contributed by atoms with Crippen LogP contribution in [0, 0.1) is 0 Å². The summed E-state index contributed by atoms with van der Waals surface area (Å²) >= 11 is 0. The van der Waals surface area contributed by atoms with Crippen molar-refractivity contribution in [3.8, 4) is 5.75 Å². The number of rotatable bonds is 3. The molecule has 0 bridgehead atoms. The molecule has 2 rings (SSSR count). The molecule has 1 heteroatoms. The predicted molar refractivity (Wildman–Crippen MR) is 73.6 cm³/mol. The molecule has 0 unspecified atom stereocenters. The van der Waals surface area contributed by atoms with Gasteiger partial charge in [-0.3, -0.25) is 0 Å². The zero-order valence-corrected chi connectivity index (χ0v) is 9.51. The molecule has 0 heterocycles. The average Bonchev–Trinajstić information content (AvgIpc) is 2.38. The van der Waals surface area contributed by atoms with Crippen molar-refractivity contribution in [2.24, 2.45) is 0 Å². The molecular weight excluding hydrogens is 208 g/mol. The molecule has 0 aliphatic rings. The number of hydrogen-bond donors (Lipinski definition) is 1. The maximum atomic E-state index is 9.80. The molecule has 0 aromatic heterocycles. The number of benzene rings is 2. The van der Waals surface area contributed by atoms with Gasteiger partial charge in [-0.1, -0.05) is 67.3 Å². The van der Waals surface area contributed by atoms with Crippen molar-refractivity contribution in [3.63, 3.8) is 0 Å². The topological polar surface area (TPSA) is 20.2 Å².